The van der Waals surface area contributed by atoms with E-state index >= 15 is 0 Å². The summed E-state index contributed by atoms with van der Waals surface area (Å²) < 4.78 is 0. The van der Waals surface area contributed by atoms with Gasteiger partial charge in [-0.2, -0.15) is 0 Å². The van der Waals surface area contributed by atoms with Crippen molar-refractivity contribution in [3.05, 3.63) is 73.3 Å². The van der Waals surface area contributed by atoms with Crippen LogP contribution in [-0.2, 0) is 0 Å². The zero-order chi connectivity index (χ0) is 13.9. The third-order valence-electron chi connectivity index (χ3n) is 3.15. The molecule has 0 fully saturated rings. The Labute approximate surface area is 117 Å². The molecule has 0 heteroatoms. The second-order valence-electron chi connectivity index (χ2n) is 4.77. The number of benzene rings is 2. The molecule has 0 heterocycles. The summed E-state index contributed by atoms with van der Waals surface area (Å²) in [6.45, 7) is 8.09. The van der Waals surface area contributed by atoms with Crippen LogP contribution in [0.3, 0.4) is 0 Å². The monoisotopic (exact) mass is 252 g/mol. The minimum absolute atomic E-state index is 0.831. The van der Waals surface area contributed by atoms with Crippen LogP contribution >= 0.6 is 0 Å². The van der Waals surface area contributed by atoms with Crippen molar-refractivity contribution in [2.45, 2.75) is 26.7 Å². The summed E-state index contributed by atoms with van der Waals surface area (Å²) in [5.74, 6) is 0.831. The molecule has 0 aliphatic rings. The van der Waals surface area contributed by atoms with Crippen LogP contribution in [0.15, 0.2) is 73.3 Å². The molecule has 0 nitrogen and oxygen atoms in total. The van der Waals surface area contributed by atoms with Gasteiger partial charge in [-0.1, -0.05) is 87.0 Å². The maximum Gasteiger partial charge on any atom is -0.0184 e. The van der Waals surface area contributed by atoms with Gasteiger partial charge < -0.3 is 0 Å². The number of rotatable bonds is 4. The molecule has 0 N–H and O–H groups in total. The Hall–Kier alpha value is -1.82. The maximum atomic E-state index is 3.65. The third-order valence-corrected chi connectivity index (χ3v) is 3.15. The molecule has 0 aliphatic carbocycles. The van der Waals surface area contributed by atoms with Crippen molar-refractivity contribution in [2.24, 2.45) is 5.92 Å². The minimum atomic E-state index is 0.831. The van der Waals surface area contributed by atoms with E-state index in [0.29, 0.717) is 0 Å². The van der Waals surface area contributed by atoms with Gasteiger partial charge in [0.1, 0.15) is 0 Å². The summed E-state index contributed by atoms with van der Waals surface area (Å²) in [6, 6.07) is 20.8. The Balaban J connectivity index is 0.000000224. The SMILES string of the molecule is C=CCC(C)CC.c1ccc(-c2ccccc2)cc1. The highest BCUT2D eigenvalue weighted by atomic mass is 14.0. The predicted octanol–water partition coefficient (Wildman–Crippen LogP) is 5.96. The number of hydrogen-bond donors (Lipinski definition) is 0. The molecule has 1 unspecified atom stereocenters. The molecule has 0 bridgehead atoms. The first-order chi connectivity index (χ1) is 9.27. The van der Waals surface area contributed by atoms with E-state index in [1.54, 1.807) is 0 Å². The van der Waals surface area contributed by atoms with Crippen molar-refractivity contribution < 1.29 is 0 Å². The van der Waals surface area contributed by atoms with Crippen LogP contribution in [0.4, 0.5) is 0 Å². The number of hydrogen-bond acceptors (Lipinski definition) is 0. The van der Waals surface area contributed by atoms with E-state index in [9.17, 15) is 0 Å². The highest BCUT2D eigenvalue weighted by Gasteiger charge is 1.92. The Morgan fingerprint density at radius 3 is 1.58 bits per heavy atom. The van der Waals surface area contributed by atoms with Crippen molar-refractivity contribution in [1.29, 1.82) is 0 Å². The van der Waals surface area contributed by atoms with E-state index in [2.05, 4.69) is 69.0 Å². The van der Waals surface area contributed by atoms with Crippen molar-refractivity contribution in [3.8, 4) is 11.1 Å². The van der Waals surface area contributed by atoms with Gasteiger partial charge in [0.25, 0.3) is 0 Å². The van der Waals surface area contributed by atoms with Gasteiger partial charge >= 0.3 is 0 Å². The van der Waals surface area contributed by atoms with Gasteiger partial charge in [-0.05, 0) is 23.5 Å². The van der Waals surface area contributed by atoms with Crippen LogP contribution in [0.25, 0.3) is 11.1 Å². The molecule has 0 radical (unpaired) electrons. The fraction of sp³-hybridized carbons (Fsp3) is 0.263. The second-order valence-corrected chi connectivity index (χ2v) is 4.77. The summed E-state index contributed by atoms with van der Waals surface area (Å²) in [4.78, 5) is 0. The van der Waals surface area contributed by atoms with Crippen molar-refractivity contribution in [3.63, 3.8) is 0 Å². The van der Waals surface area contributed by atoms with Crippen LogP contribution in [0.5, 0.6) is 0 Å². The molecule has 0 aromatic heterocycles. The molecule has 2 aromatic rings. The zero-order valence-corrected chi connectivity index (χ0v) is 12.0. The van der Waals surface area contributed by atoms with Crippen molar-refractivity contribution in [1.82, 2.24) is 0 Å². The Morgan fingerprint density at radius 1 is 0.895 bits per heavy atom. The van der Waals surface area contributed by atoms with Gasteiger partial charge in [0, 0.05) is 0 Å². The molecule has 0 amide bonds. The molecule has 1 atom stereocenters. The van der Waals surface area contributed by atoms with Gasteiger partial charge in [-0.25, -0.2) is 0 Å². The molecule has 2 aromatic carbocycles. The Morgan fingerprint density at radius 2 is 1.32 bits per heavy atom. The summed E-state index contributed by atoms with van der Waals surface area (Å²) in [5, 5.41) is 0. The average Bonchev–Trinajstić information content (AvgIpc) is 2.50. The van der Waals surface area contributed by atoms with Gasteiger partial charge in [-0.3, -0.25) is 0 Å². The first kappa shape index (κ1) is 15.2. The lowest BCUT2D eigenvalue weighted by Gasteiger charge is -2.00. The van der Waals surface area contributed by atoms with Crippen LogP contribution in [0.2, 0.25) is 0 Å². The highest BCUT2D eigenvalue weighted by molar-refractivity contribution is 5.62. The van der Waals surface area contributed by atoms with Gasteiger partial charge in [-0.15, -0.1) is 6.58 Å². The largest absolute Gasteiger partial charge is 0.103 e. The van der Waals surface area contributed by atoms with E-state index < -0.39 is 0 Å². The zero-order valence-electron chi connectivity index (χ0n) is 12.0. The molecule has 19 heavy (non-hydrogen) atoms. The van der Waals surface area contributed by atoms with Crippen LogP contribution in [0.1, 0.15) is 26.7 Å². The van der Waals surface area contributed by atoms with E-state index in [1.165, 1.54) is 17.5 Å². The minimum Gasteiger partial charge on any atom is -0.103 e. The molecule has 0 saturated heterocycles. The van der Waals surface area contributed by atoms with Gasteiger partial charge in [0.05, 0.1) is 0 Å². The average molecular weight is 252 g/mol. The summed E-state index contributed by atoms with van der Waals surface area (Å²) in [7, 11) is 0. The van der Waals surface area contributed by atoms with E-state index in [0.717, 1.165) is 12.3 Å². The van der Waals surface area contributed by atoms with E-state index in [-0.39, 0.29) is 0 Å². The van der Waals surface area contributed by atoms with Crippen LogP contribution in [0, 0.1) is 5.92 Å². The first-order valence-electron chi connectivity index (χ1n) is 6.99. The molecule has 2 rings (SSSR count). The molecule has 0 spiro atoms. The highest BCUT2D eigenvalue weighted by Crippen LogP contribution is 2.17. The van der Waals surface area contributed by atoms with Crippen LogP contribution in [-0.4, -0.2) is 0 Å². The smallest absolute Gasteiger partial charge is 0.0184 e. The fourth-order valence-electron chi connectivity index (χ4n) is 1.71. The Bertz CT molecular complexity index is 404. The van der Waals surface area contributed by atoms with Crippen LogP contribution < -0.4 is 0 Å². The summed E-state index contributed by atoms with van der Waals surface area (Å²) in [6.07, 6.45) is 4.41. The predicted molar refractivity (Wildman–Crippen MR) is 86.1 cm³/mol. The summed E-state index contributed by atoms with van der Waals surface area (Å²) >= 11 is 0. The lowest BCUT2D eigenvalue weighted by Crippen LogP contribution is -1.86. The molecular formula is C19H24. The third kappa shape index (κ3) is 6.05. The van der Waals surface area contributed by atoms with E-state index in [4.69, 9.17) is 0 Å². The molecular weight excluding hydrogens is 228 g/mol. The fourth-order valence-corrected chi connectivity index (χ4v) is 1.71. The quantitative estimate of drug-likeness (QED) is 0.589. The Kier molecular flexibility index (Phi) is 7.34. The van der Waals surface area contributed by atoms with Gasteiger partial charge in [0.15, 0.2) is 0 Å². The molecule has 0 aliphatic heterocycles. The maximum absolute atomic E-state index is 3.65. The number of allylic oxidation sites excluding steroid dienone is 1. The molecule has 100 valence electrons. The lowest BCUT2D eigenvalue weighted by molar-refractivity contribution is 0.572. The van der Waals surface area contributed by atoms with E-state index in [1.807, 2.05) is 18.2 Å². The van der Waals surface area contributed by atoms with Crippen molar-refractivity contribution >= 4 is 0 Å². The molecule has 0 saturated carbocycles. The lowest BCUT2D eigenvalue weighted by atomic mass is 10.1. The standard InChI is InChI=1S/C12H10.C7H14/c1-3-7-11(8-4-1)12-9-5-2-6-10-12;1-4-6-7(3)5-2/h1-10H;4,7H,1,5-6H2,2-3H3. The topological polar surface area (TPSA) is 0 Å². The normalized spacial score (nSPS) is 11.1. The van der Waals surface area contributed by atoms with Gasteiger partial charge in [0.2, 0.25) is 0 Å². The second kappa shape index (κ2) is 9.16. The van der Waals surface area contributed by atoms with Crippen molar-refractivity contribution in [2.75, 3.05) is 0 Å². The summed E-state index contributed by atoms with van der Waals surface area (Å²) in [5.41, 5.74) is 2.55. The first-order valence-corrected chi connectivity index (χ1v) is 6.99.